The number of nitrogens with one attached hydrogen (secondary N) is 1. The van der Waals surface area contributed by atoms with Crippen LogP contribution in [0.5, 0.6) is 0 Å². The lowest BCUT2D eigenvalue weighted by molar-refractivity contribution is -0.138. The highest BCUT2D eigenvalue weighted by Crippen LogP contribution is 2.36. The van der Waals surface area contributed by atoms with Crippen LogP contribution < -0.4 is 10.5 Å². The fourth-order valence-corrected chi connectivity index (χ4v) is 4.43. The molecule has 1 saturated heterocycles. The van der Waals surface area contributed by atoms with Crippen molar-refractivity contribution in [2.24, 2.45) is 0 Å². The quantitative estimate of drug-likeness (QED) is 0.422. The molecule has 1 N–H and O–H groups in total. The van der Waals surface area contributed by atoms with Gasteiger partial charge in [-0.05, 0) is 31.0 Å². The number of H-pyrrole nitrogens is 1. The first-order chi connectivity index (χ1) is 16.0. The van der Waals surface area contributed by atoms with Crippen molar-refractivity contribution in [2.45, 2.75) is 39.3 Å². The van der Waals surface area contributed by atoms with Gasteiger partial charge in [-0.15, -0.1) is 0 Å². The first-order valence-corrected chi connectivity index (χ1v) is 11.9. The number of halogens is 6. The van der Waals surface area contributed by atoms with Gasteiger partial charge in [-0.2, -0.15) is 18.3 Å². The van der Waals surface area contributed by atoms with Crippen molar-refractivity contribution in [3.8, 4) is 0 Å². The molecule has 0 atom stereocenters. The van der Waals surface area contributed by atoms with Gasteiger partial charge in [0.1, 0.15) is 10.8 Å². The Morgan fingerprint density at radius 3 is 2.71 bits per heavy atom. The fraction of sp³-hybridized carbons (Fsp3) is 0.391. The normalized spacial score (nSPS) is 16.8. The van der Waals surface area contributed by atoms with Crippen LogP contribution in [0.2, 0.25) is 5.02 Å². The molecule has 1 aliphatic heterocycles. The summed E-state index contributed by atoms with van der Waals surface area (Å²) in [6.45, 7) is 5.10. The van der Waals surface area contributed by atoms with Crippen molar-refractivity contribution < 1.29 is 17.6 Å². The Labute approximate surface area is 208 Å². The Morgan fingerprint density at radius 1 is 1.32 bits per heavy atom. The summed E-state index contributed by atoms with van der Waals surface area (Å²) in [5.74, 6) is -0.933. The van der Waals surface area contributed by atoms with Gasteiger partial charge in [0.2, 0.25) is 0 Å². The number of anilines is 1. The molecule has 1 aromatic heterocycles. The summed E-state index contributed by atoms with van der Waals surface area (Å²) >= 11 is 9.66. The van der Waals surface area contributed by atoms with Crippen LogP contribution in [-0.4, -0.2) is 34.7 Å². The maximum atomic E-state index is 13.6. The molecule has 2 aromatic rings. The number of nitrogens with zero attached hydrogens (tertiary/aromatic N) is 3. The van der Waals surface area contributed by atoms with E-state index in [0.717, 1.165) is 24.6 Å². The van der Waals surface area contributed by atoms with Crippen molar-refractivity contribution in [1.29, 1.82) is 0 Å². The molecule has 0 saturated carbocycles. The molecule has 184 valence electrons. The van der Waals surface area contributed by atoms with Gasteiger partial charge in [0.05, 0.1) is 24.0 Å². The lowest BCUT2D eigenvalue weighted by atomic mass is 10.0. The van der Waals surface area contributed by atoms with E-state index in [-0.39, 0.29) is 17.0 Å². The maximum absolute atomic E-state index is 13.6. The molecule has 2 heterocycles. The minimum atomic E-state index is -4.67. The van der Waals surface area contributed by atoms with Gasteiger partial charge in [0, 0.05) is 35.4 Å². The van der Waals surface area contributed by atoms with Gasteiger partial charge in [-0.25, -0.2) is 9.49 Å². The van der Waals surface area contributed by atoms with Gasteiger partial charge in [-0.3, -0.25) is 4.79 Å². The number of unbranched alkanes of at least 4 members (excludes halogenated alkanes) is 1. The van der Waals surface area contributed by atoms with Gasteiger partial charge in [0.15, 0.2) is 0 Å². The van der Waals surface area contributed by atoms with E-state index in [0.29, 0.717) is 41.6 Å². The highest BCUT2D eigenvalue weighted by atomic mass is 79.9. The zero-order valence-electron chi connectivity index (χ0n) is 18.6. The monoisotopic (exact) mass is 562 g/mol. The molecule has 34 heavy (non-hydrogen) atoms. The van der Waals surface area contributed by atoms with Crippen LogP contribution in [0, 0.1) is 5.82 Å². The van der Waals surface area contributed by atoms with E-state index in [1.807, 2.05) is 22.8 Å². The molecule has 1 aromatic carbocycles. The Kier molecular flexibility index (Phi) is 8.46. The van der Waals surface area contributed by atoms with Crippen LogP contribution in [-0.2, 0) is 12.6 Å². The van der Waals surface area contributed by atoms with Crippen LogP contribution in [0.25, 0.3) is 0 Å². The second kappa shape index (κ2) is 10.9. The zero-order valence-corrected chi connectivity index (χ0v) is 21.0. The molecule has 0 spiro atoms. The van der Waals surface area contributed by atoms with Gasteiger partial charge < -0.3 is 9.80 Å². The van der Waals surface area contributed by atoms with E-state index in [1.54, 1.807) is 6.92 Å². The first-order valence-electron chi connectivity index (χ1n) is 10.7. The zero-order chi connectivity index (χ0) is 25.0. The summed E-state index contributed by atoms with van der Waals surface area (Å²) in [7, 11) is 0. The van der Waals surface area contributed by atoms with Crippen LogP contribution in [0.15, 0.2) is 51.1 Å². The van der Waals surface area contributed by atoms with Crippen molar-refractivity contribution in [3.05, 3.63) is 78.7 Å². The van der Waals surface area contributed by atoms with Crippen LogP contribution in [0.4, 0.5) is 23.2 Å². The molecule has 1 fully saturated rings. The van der Waals surface area contributed by atoms with E-state index < -0.39 is 23.1 Å². The number of hydrogen-bond acceptors (Lipinski definition) is 4. The number of benzene rings is 1. The summed E-state index contributed by atoms with van der Waals surface area (Å²) in [6.07, 6.45) is 0.450. The third-order valence-electron chi connectivity index (χ3n) is 5.54. The summed E-state index contributed by atoms with van der Waals surface area (Å²) in [5, 5.41) is 6.16. The third kappa shape index (κ3) is 6.02. The molecule has 5 nitrogen and oxygen atoms in total. The van der Waals surface area contributed by atoms with E-state index in [1.165, 1.54) is 12.3 Å². The molecule has 0 radical (unpaired) electrons. The predicted octanol–water partition coefficient (Wildman–Crippen LogP) is 6.26. The highest BCUT2D eigenvalue weighted by molar-refractivity contribution is 9.11. The second-order valence-electron chi connectivity index (χ2n) is 7.91. The highest BCUT2D eigenvalue weighted by Gasteiger charge is 2.35. The molecular weight excluding hydrogens is 540 g/mol. The topological polar surface area (TPSA) is 52.2 Å². The number of rotatable bonds is 6. The minimum absolute atomic E-state index is 0.0122. The summed E-state index contributed by atoms with van der Waals surface area (Å²) in [6, 6.07) is 2.76. The van der Waals surface area contributed by atoms with Crippen molar-refractivity contribution >= 4 is 33.2 Å². The molecule has 0 unspecified atom stereocenters. The van der Waals surface area contributed by atoms with Crippen LogP contribution >= 0.6 is 27.5 Å². The van der Waals surface area contributed by atoms with Gasteiger partial charge in [-0.1, -0.05) is 53.0 Å². The van der Waals surface area contributed by atoms with E-state index in [4.69, 9.17) is 11.6 Å². The average Bonchev–Trinajstić information content (AvgIpc) is 2.78. The maximum Gasteiger partial charge on any atom is 0.416 e. The van der Waals surface area contributed by atoms with E-state index >= 15 is 0 Å². The predicted molar refractivity (Wildman–Crippen MR) is 129 cm³/mol. The Morgan fingerprint density at radius 2 is 2.06 bits per heavy atom. The number of allylic oxidation sites excluding steroid dienone is 3. The fourth-order valence-electron chi connectivity index (χ4n) is 3.87. The molecule has 3 rings (SSSR count). The first kappa shape index (κ1) is 26.3. The van der Waals surface area contributed by atoms with Crippen LogP contribution in [0.1, 0.15) is 37.8 Å². The number of aromatic amines is 1. The Bertz CT molecular complexity index is 1160. The second-order valence-corrected chi connectivity index (χ2v) is 9.48. The van der Waals surface area contributed by atoms with Crippen molar-refractivity contribution in [3.63, 3.8) is 0 Å². The van der Waals surface area contributed by atoms with E-state index in [9.17, 15) is 22.4 Å². The number of alkyl halides is 3. The lowest BCUT2D eigenvalue weighted by Crippen LogP contribution is -2.45. The van der Waals surface area contributed by atoms with E-state index in [2.05, 4.69) is 26.1 Å². The molecule has 0 aliphatic carbocycles. The summed E-state index contributed by atoms with van der Waals surface area (Å²) in [5.41, 5.74) is 0.517. The van der Waals surface area contributed by atoms with Crippen LogP contribution in [0.3, 0.4) is 0 Å². The Hall–Kier alpha value is -2.33. The molecule has 0 bridgehead atoms. The molecule has 11 heteroatoms. The van der Waals surface area contributed by atoms with Gasteiger partial charge in [0.25, 0.3) is 5.56 Å². The largest absolute Gasteiger partial charge is 0.416 e. The van der Waals surface area contributed by atoms with Crippen molar-refractivity contribution in [1.82, 2.24) is 15.1 Å². The number of piperazine rings is 1. The Balaban J connectivity index is 1.97. The van der Waals surface area contributed by atoms with Gasteiger partial charge >= 0.3 is 6.18 Å². The molecular formula is C23H24BrClF4N4O. The number of hydrogen-bond donors (Lipinski definition) is 1. The SMILES string of the molecule is CCC/C=C1\CN(c2cn[nH]c(=O)c2Cl)CCN1/C(Cc1ccc(F)cc1C(F)(F)F)=C(\C)Br. The standard InChI is InChI=1S/C23H24BrClF4N4O/c1-3-4-5-17-13-32(20-12-30-31-22(34)21(20)25)8-9-33(17)19(14(2)24)10-15-6-7-16(26)11-18(15)23(27,28)29/h5-7,11-12H,3-4,8-10,13H2,1-2H3,(H,31,34)/b17-5+,19-14+. The minimum Gasteiger partial charge on any atom is -0.361 e. The third-order valence-corrected chi connectivity index (χ3v) is 6.36. The van der Waals surface area contributed by atoms with Crippen molar-refractivity contribution in [2.75, 3.05) is 24.5 Å². The lowest BCUT2D eigenvalue weighted by Gasteiger charge is -2.41. The summed E-state index contributed by atoms with van der Waals surface area (Å²) < 4.78 is 55.1. The molecule has 0 amide bonds. The molecule has 1 aliphatic rings. The average molecular weight is 564 g/mol. The summed E-state index contributed by atoms with van der Waals surface area (Å²) in [4.78, 5) is 15.8. The smallest absolute Gasteiger partial charge is 0.361 e. The number of aromatic nitrogens is 2.